The molecule has 1 saturated heterocycles. The van der Waals surface area contributed by atoms with Gasteiger partial charge in [0.05, 0.1) is 4.47 Å². The van der Waals surface area contributed by atoms with Crippen LogP contribution in [0.2, 0.25) is 0 Å². The molecule has 0 bridgehead atoms. The third-order valence-electron chi connectivity index (χ3n) is 2.77. The maximum absolute atomic E-state index is 13.0. The number of rotatable bonds is 4. The molecule has 1 aromatic carbocycles. The van der Waals surface area contributed by atoms with Crippen LogP contribution in [0.5, 0.6) is 5.75 Å². The molecule has 0 radical (unpaired) electrons. The summed E-state index contributed by atoms with van der Waals surface area (Å²) in [6.07, 6.45) is 2.59. The van der Waals surface area contributed by atoms with Gasteiger partial charge in [0.15, 0.2) is 0 Å². The van der Waals surface area contributed by atoms with Gasteiger partial charge in [-0.3, -0.25) is 4.90 Å². The van der Waals surface area contributed by atoms with Crippen LogP contribution in [-0.4, -0.2) is 31.1 Å². The Morgan fingerprint density at radius 3 is 2.75 bits per heavy atom. The van der Waals surface area contributed by atoms with Gasteiger partial charge in [0.2, 0.25) is 0 Å². The molecule has 0 spiro atoms. The van der Waals surface area contributed by atoms with Crippen LogP contribution >= 0.6 is 15.9 Å². The summed E-state index contributed by atoms with van der Waals surface area (Å²) in [5.74, 6) is 0.458. The summed E-state index contributed by atoms with van der Waals surface area (Å²) in [5.41, 5.74) is 0. The second kappa shape index (κ2) is 5.64. The van der Waals surface area contributed by atoms with Crippen LogP contribution in [0.4, 0.5) is 4.39 Å². The van der Waals surface area contributed by atoms with Crippen molar-refractivity contribution in [3.05, 3.63) is 28.5 Å². The Morgan fingerprint density at radius 1 is 1.31 bits per heavy atom. The molecule has 1 heterocycles. The molecule has 2 rings (SSSR count). The summed E-state index contributed by atoms with van der Waals surface area (Å²) in [5, 5.41) is 0. The van der Waals surface area contributed by atoms with E-state index in [1.807, 2.05) is 0 Å². The van der Waals surface area contributed by atoms with Crippen molar-refractivity contribution in [2.24, 2.45) is 0 Å². The van der Waals surface area contributed by atoms with Crippen LogP contribution in [0, 0.1) is 5.82 Å². The summed E-state index contributed by atoms with van der Waals surface area (Å²) in [7, 11) is 0. The Labute approximate surface area is 104 Å². The predicted octanol–water partition coefficient (Wildman–Crippen LogP) is 3.06. The fraction of sp³-hybridized carbons (Fsp3) is 0.500. The van der Waals surface area contributed by atoms with Crippen molar-refractivity contribution in [2.45, 2.75) is 12.8 Å². The second-order valence-electron chi connectivity index (χ2n) is 3.97. The molecule has 0 aromatic heterocycles. The summed E-state index contributed by atoms with van der Waals surface area (Å²) >= 11 is 3.14. The minimum absolute atomic E-state index is 0.258. The van der Waals surface area contributed by atoms with E-state index in [1.165, 1.54) is 32.0 Å². The first kappa shape index (κ1) is 11.9. The predicted molar refractivity (Wildman–Crippen MR) is 65.3 cm³/mol. The van der Waals surface area contributed by atoms with Crippen LogP contribution in [0.1, 0.15) is 12.8 Å². The van der Waals surface area contributed by atoms with Crippen molar-refractivity contribution in [1.29, 1.82) is 0 Å². The molecule has 2 nitrogen and oxygen atoms in total. The zero-order valence-electron chi connectivity index (χ0n) is 9.09. The molecule has 0 atom stereocenters. The highest BCUT2D eigenvalue weighted by Gasteiger charge is 2.10. The lowest BCUT2D eigenvalue weighted by atomic mass is 10.3. The van der Waals surface area contributed by atoms with Gasteiger partial charge >= 0.3 is 0 Å². The Kier molecular flexibility index (Phi) is 4.18. The van der Waals surface area contributed by atoms with E-state index in [-0.39, 0.29) is 5.82 Å². The minimum atomic E-state index is -0.258. The van der Waals surface area contributed by atoms with Crippen molar-refractivity contribution in [2.75, 3.05) is 26.2 Å². The lowest BCUT2D eigenvalue weighted by Gasteiger charge is -2.14. The van der Waals surface area contributed by atoms with Crippen LogP contribution in [0.3, 0.4) is 0 Å². The van der Waals surface area contributed by atoms with Gasteiger partial charge in [0, 0.05) is 6.54 Å². The van der Waals surface area contributed by atoms with Gasteiger partial charge < -0.3 is 4.74 Å². The molecule has 1 fully saturated rings. The number of benzene rings is 1. The average molecular weight is 288 g/mol. The standard InChI is InChI=1S/C12H15BrFNO/c13-11-9-10(3-4-12(11)14)16-8-7-15-5-1-2-6-15/h3-4,9H,1-2,5-8H2. The Balaban J connectivity index is 1.78. The van der Waals surface area contributed by atoms with Crippen LogP contribution in [0.15, 0.2) is 22.7 Å². The zero-order chi connectivity index (χ0) is 11.4. The number of likely N-dealkylation sites (tertiary alicyclic amines) is 1. The van der Waals surface area contributed by atoms with Crippen LogP contribution in [0.25, 0.3) is 0 Å². The minimum Gasteiger partial charge on any atom is -0.492 e. The van der Waals surface area contributed by atoms with E-state index in [0.29, 0.717) is 16.8 Å². The van der Waals surface area contributed by atoms with E-state index in [2.05, 4.69) is 20.8 Å². The van der Waals surface area contributed by atoms with Gasteiger partial charge in [0.1, 0.15) is 18.2 Å². The van der Waals surface area contributed by atoms with Gasteiger partial charge in [-0.15, -0.1) is 0 Å². The monoisotopic (exact) mass is 287 g/mol. The molecular weight excluding hydrogens is 273 g/mol. The fourth-order valence-corrected chi connectivity index (χ4v) is 2.22. The van der Waals surface area contributed by atoms with Crippen molar-refractivity contribution in [1.82, 2.24) is 4.90 Å². The third-order valence-corrected chi connectivity index (χ3v) is 3.37. The molecule has 1 aliphatic heterocycles. The lowest BCUT2D eigenvalue weighted by molar-refractivity contribution is 0.237. The summed E-state index contributed by atoms with van der Waals surface area (Å²) in [6, 6.07) is 4.73. The van der Waals surface area contributed by atoms with Crippen LogP contribution < -0.4 is 4.74 Å². The first-order valence-corrected chi connectivity index (χ1v) is 6.35. The number of ether oxygens (including phenoxy) is 1. The topological polar surface area (TPSA) is 12.5 Å². The Bertz CT molecular complexity index is 353. The average Bonchev–Trinajstić information content (AvgIpc) is 2.76. The number of halogens is 2. The highest BCUT2D eigenvalue weighted by atomic mass is 79.9. The molecule has 4 heteroatoms. The van der Waals surface area contributed by atoms with Crippen molar-refractivity contribution < 1.29 is 9.13 Å². The Hall–Kier alpha value is -0.610. The number of hydrogen-bond acceptors (Lipinski definition) is 2. The first-order chi connectivity index (χ1) is 7.75. The molecule has 1 aromatic rings. The SMILES string of the molecule is Fc1ccc(OCCN2CCCC2)cc1Br. The van der Waals surface area contributed by atoms with Gasteiger partial charge in [-0.2, -0.15) is 0 Å². The van der Waals surface area contributed by atoms with E-state index in [1.54, 1.807) is 12.1 Å². The second-order valence-corrected chi connectivity index (χ2v) is 4.83. The summed E-state index contributed by atoms with van der Waals surface area (Å²) < 4.78 is 19.0. The number of nitrogens with zero attached hydrogens (tertiary/aromatic N) is 1. The highest BCUT2D eigenvalue weighted by molar-refractivity contribution is 9.10. The third kappa shape index (κ3) is 3.19. The van der Waals surface area contributed by atoms with E-state index in [0.717, 1.165) is 6.54 Å². The fourth-order valence-electron chi connectivity index (χ4n) is 1.87. The Morgan fingerprint density at radius 2 is 2.06 bits per heavy atom. The van der Waals surface area contributed by atoms with E-state index in [4.69, 9.17) is 4.74 Å². The summed E-state index contributed by atoms with van der Waals surface area (Å²) in [6.45, 7) is 3.97. The van der Waals surface area contributed by atoms with Crippen molar-refractivity contribution >= 4 is 15.9 Å². The highest BCUT2D eigenvalue weighted by Crippen LogP contribution is 2.21. The van der Waals surface area contributed by atoms with Gasteiger partial charge in [-0.25, -0.2) is 4.39 Å². The van der Waals surface area contributed by atoms with Crippen molar-refractivity contribution in [3.63, 3.8) is 0 Å². The van der Waals surface area contributed by atoms with E-state index < -0.39 is 0 Å². The zero-order valence-corrected chi connectivity index (χ0v) is 10.7. The van der Waals surface area contributed by atoms with Crippen molar-refractivity contribution in [3.8, 4) is 5.75 Å². The van der Waals surface area contributed by atoms with Crippen LogP contribution in [-0.2, 0) is 0 Å². The summed E-state index contributed by atoms with van der Waals surface area (Å²) in [4.78, 5) is 2.39. The number of hydrogen-bond donors (Lipinski definition) is 0. The van der Waals surface area contributed by atoms with Gasteiger partial charge in [-0.05, 0) is 60.1 Å². The molecule has 16 heavy (non-hydrogen) atoms. The molecule has 0 aliphatic carbocycles. The molecule has 0 amide bonds. The first-order valence-electron chi connectivity index (χ1n) is 5.56. The largest absolute Gasteiger partial charge is 0.492 e. The molecule has 0 saturated carbocycles. The van der Waals surface area contributed by atoms with E-state index in [9.17, 15) is 4.39 Å². The maximum atomic E-state index is 13.0. The normalized spacial score (nSPS) is 16.6. The van der Waals surface area contributed by atoms with Gasteiger partial charge in [-0.1, -0.05) is 0 Å². The lowest BCUT2D eigenvalue weighted by Crippen LogP contribution is -2.25. The maximum Gasteiger partial charge on any atom is 0.137 e. The quantitative estimate of drug-likeness (QED) is 0.844. The molecule has 88 valence electrons. The smallest absolute Gasteiger partial charge is 0.137 e. The molecule has 1 aliphatic rings. The molecule has 0 N–H and O–H groups in total. The molecule has 0 unspecified atom stereocenters. The van der Waals surface area contributed by atoms with Gasteiger partial charge in [0.25, 0.3) is 0 Å². The molecular formula is C12H15BrFNO. The van der Waals surface area contributed by atoms with E-state index >= 15 is 0 Å².